The summed E-state index contributed by atoms with van der Waals surface area (Å²) in [6, 6.07) is 1.24. The molecule has 1 heterocycles. The van der Waals surface area contributed by atoms with Crippen LogP contribution in [0.25, 0.3) is 0 Å². The minimum atomic E-state index is -0.118. The van der Waals surface area contributed by atoms with Gasteiger partial charge in [-0.2, -0.15) is 0 Å². The van der Waals surface area contributed by atoms with Crippen LogP contribution in [0.4, 0.5) is 0 Å². The lowest BCUT2D eigenvalue weighted by atomic mass is 9.82. The molecule has 0 spiro atoms. The number of aliphatic hydroxyl groups excluding tert-OH is 1. The second-order valence-electron chi connectivity index (χ2n) is 4.68. The highest BCUT2D eigenvalue weighted by atomic mass is 16.3. The van der Waals surface area contributed by atoms with E-state index in [0.29, 0.717) is 6.04 Å². The van der Waals surface area contributed by atoms with Crippen molar-refractivity contribution in [3.05, 3.63) is 0 Å². The topological polar surface area (TPSA) is 44.3 Å². The lowest BCUT2D eigenvalue weighted by Gasteiger charge is -2.34. The molecule has 1 saturated carbocycles. The molecule has 1 saturated heterocycles. The van der Waals surface area contributed by atoms with Crippen LogP contribution in [0.15, 0.2) is 0 Å². The Labute approximate surface area is 79.9 Å². The molecule has 0 amide bonds. The molecule has 1 aliphatic heterocycles. The Hall–Kier alpha value is -0.120. The second-order valence-corrected chi connectivity index (χ2v) is 4.68. The summed E-state index contributed by atoms with van der Waals surface area (Å²) in [7, 11) is 0. The van der Waals surface area contributed by atoms with Gasteiger partial charge in [-0.3, -0.25) is 0 Å². The summed E-state index contributed by atoms with van der Waals surface area (Å²) in [5.74, 6) is 0.916. The molecule has 3 heteroatoms. The summed E-state index contributed by atoms with van der Waals surface area (Å²) in [5.41, 5.74) is 0. The number of hydrogen-bond acceptors (Lipinski definition) is 3. The fraction of sp³-hybridized carbons (Fsp3) is 1.00. The number of hydrogen-bond donors (Lipinski definition) is 3. The van der Waals surface area contributed by atoms with Gasteiger partial charge in [0, 0.05) is 25.2 Å². The van der Waals surface area contributed by atoms with Crippen LogP contribution in [-0.2, 0) is 0 Å². The predicted octanol–water partition coefficient (Wildman–Crippen LogP) is 0.0973. The third kappa shape index (κ3) is 2.42. The molecule has 13 heavy (non-hydrogen) atoms. The predicted molar refractivity (Wildman–Crippen MR) is 52.6 cm³/mol. The summed E-state index contributed by atoms with van der Waals surface area (Å²) in [6.07, 6.45) is 3.45. The van der Waals surface area contributed by atoms with E-state index >= 15 is 0 Å². The zero-order valence-corrected chi connectivity index (χ0v) is 8.29. The summed E-state index contributed by atoms with van der Waals surface area (Å²) >= 11 is 0. The lowest BCUT2D eigenvalue weighted by molar-refractivity contribution is 0.190. The molecular weight excluding hydrogens is 164 g/mol. The average Bonchev–Trinajstić information content (AvgIpc) is 2.43. The van der Waals surface area contributed by atoms with Crippen LogP contribution in [0, 0.1) is 5.92 Å². The van der Waals surface area contributed by atoms with E-state index in [2.05, 4.69) is 17.6 Å². The monoisotopic (exact) mass is 184 g/mol. The smallest absolute Gasteiger partial charge is 0.0680 e. The number of aliphatic hydroxyl groups is 1. The number of β-amino-alcohol motifs (C(OH)–C–C–N with tert-alkyl or cyclic N) is 1. The van der Waals surface area contributed by atoms with Crippen molar-refractivity contribution < 1.29 is 5.11 Å². The number of rotatable bonds is 3. The minimum absolute atomic E-state index is 0.118. The molecule has 0 bridgehead atoms. The second kappa shape index (κ2) is 3.95. The van der Waals surface area contributed by atoms with Gasteiger partial charge < -0.3 is 15.7 Å². The normalized spacial score (nSPS) is 44.8. The fourth-order valence-electron chi connectivity index (χ4n) is 2.33. The Balaban J connectivity index is 1.58. The van der Waals surface area contributed by atoms with Crippen molar-refractivity contribution in [1.82, 2.24) is 10.6 Å². The van der Waals surface area contributed by atoms with Gasteiger partial charge in [0.2, 0.25) is 0 Å². The molecule has 2 fully saturated rings. The van der Waals surface area contributed by atoms with Gasteiger partial charge >= 0.3 is 0 Å². The van der Waals surface area contributed by atoms with E-state index in [1.54, 1.807) is 0 Å². The molecule has 0 radical (unpaired) electrons. The lowest BCUT2D eigenvalue weighted by Crippen LogP contribution is -2.45. The molecule has 2 atom stereocenters. The Morgan fingerprint density at radius 3 is 2.69 bits per heavy atom. The fourth-order valence-corrected chi connectivity index (χ4v) is 2.33. The van der Waals surface area contributed by atoms with Crippen LogP contribution in [0.2, 0.25) is 0 Å². The maximum absolute atomic E-state index is 9.29. The maximum Gasteiger partial charge on any atom is 0.0680 e. The zero-order chi connectivity index (χ0) is 9.26. The molecule has 3 nitrogen and oxygen atoms in total. The van der Waals surface area contributed by atoms with Crippen LogP contribution < -0.4 is 10.6 Å². The van der Waals surface area contributed by atoms with Crippen molar-refractivity contribution >= 4 is 0 Å². The van der Waals surface area contributed by atoms with Crippen molar-refractivity contribution in [2.75, 3.05) is 13.1 Å². The van der Waals surface area contributed by atoms with Crippen molar-refractivity contribution in [3.8, 4) is 0 Å². The molecule has 0 unspecified atom stereocenters. The first kappa shape index (κ1) is 9.44. The van der Waals surface area contributed by atoms with Crippen molar-refractivity contribution in [3.63, 3.8) is 0 Å². The van der Waals surface area contributed by atoms with E-state index in [-0.39, 0.29) is 6.10 Å². The zero-order valence-electron chi connectivity index (χ0n) is 8.29. The molecular formula is C10H20N2O. The van der Waals surface area contributed by atoms with E-state index in [4.69, 9.17) is 0 Å². The van der Waals surface area contributed by atoms with Gasteiger partial charge in [-0.1, -0.05) is 6.92 Å². The Kier molecular flexibility index (Phi) is 2.86. The Morgan fingerprint density at radius 1 is 1.38 bits per heavy atom. The Morgan fingerprint density at radius 2 is 2.15 bits per heavy atom. The number of nitrogens with one attached hydrogen (secondary N) is 2. The summed E-state index contributed by atoms with van der Waals surface area (Å²) in [4.78, 5) is 0. The highest BCUT2D eigenvalue weighted by molar-refractivity contribution is 4.87. The van der Waals surface area contributed by atoms with Crippen LogP contribution >= 0.6 is 0 Å². The average molecular weight is 184 g/mol. The summed E-state index contributed by atoms with van der Waals surface area (Å²) in [6.45, 7) is 4.09. The largest absolute Gasteiger partial charge is 0.392 e. The third-order valence-electron chi connectivity index (χ3n) is 3.23. The molecule has 3 N–H and O–H groups in total. The van der Waals surface area contributed by atoms with Gasteiger partial charge in [0.25, 0.3) is 0 Å². The van der Waals surface area contributed by atoms with E-state index in [0.717, 1.165) is 31.5 Å². The standard InChI is InChI=1S/C10H20N2O/c1-7-2-8(3-7)11-5-9-4-10(13)6-12-9/h7-13H,2-6H2,1H3/t7?,8?,9-,10+/m0/s1. The third-order valence-corrected chi connectivity index (χ3v) is 3.23. The molecule has 76 valence electrons. The van der Waals surface area contributed by atoms with Gasteiger partial charge in [0.1, 0.15) is 0 Å². The van der Waals surface area contributed by atoms with Crippen molar-refractivity contribution in [1.29, 1.82) is 0 Å². The van der Waals surface area contributed by atoms with E-state index in [1.807, 2.05) is 0 Å². The molecule has 2 aliphatic rings. The molecule has 0 aromatic rings. The SMILES string of the molecule is CC1CC(NC[C@@H]2C[C@@H](O)CN2)C1. The van der Waals surface area contributed by atoms with Crippen LogP contribution in [0.1, 0.15) is 26.2 Å². The van der Waals surface area contributed by atoms with Gasteiger partial charge in [0.05, 0.1) is 6.10 Å². The maximum atomic E-state index is 9.29. The first-order chi connectivity index (χ1) is 6.24. The van der Waals surface area contributed by atoms with Gasteiger partial charge in [-0.25, -0.2) is 0 Å². The quantitative estimate of drug-likeness (QED) is 0.583. The van der Waals surface area contributed by atoms with Crippen LogP contribution in [-0.4, -0.2) is 36.4 Å². The summed E-state index contributed by atoms with van der Waals surface area (Å²) in [5, 5.41) is 16.1. The first-order valence-corrected chi connectivity index (χ1v) is 5.39. The Bertz CT molecular complexity index is 168. The minimum Gasteiger partial charge on any atom is -0.392 e. The van der Waals surface area contributed by atoms with E-state index < -0.39 is 0 Å². The molecule has 0 aromatic carbocycles. The summed E-state index contributed by atoms with van der Waals surface area (Å²) < 4.78 is 0. The van der Waals surface area contributed by atoms with Crippen molar-refractivity contribution in [2.45, 2.75) is 44.4 Å². The highest BCUT2D eigenvalue weighted by Gasteiger charge is 2.27. The van der Waals surface area contributed by atoms with E-state index in [1.165, 1.54) is 12.8 Å². The molecule has 2 rings (SSSR count). The van der Waals surface area contributed by atoms with Crippen LogP contribution in [0.5, 0.6) is 0 Å². The first-order valence-electron chi connectivity index (χ1n) is 5.39. The van der Waals surface area contributed by atoms with E-state index in [9.17, 15) is 5.11 Å². The van der Waals surface area contributed by atoms with Crippen LogP contribution in [0.3, 0.4) is 0 Å². The van der Waals surface area contributed by atoms with Gasteiger partial charge in [-0.05, 0) is 25.2 Å². The molecule has 1 aliphatic carbocycles. The highest BCUT2D eigenvalue weighted by Crippen LogP contribution is 2.26. The van der Waals surface area contributed by atoms with Gasteiger partial charge in [0.15, 0.2) is 0 Å². The molecule has 0 aromatic heterocycles. The van der Waals surface area contributed by atoms with Crippen molar-refractivity contribution in [2.24, 2.45) is 5.92 Å². The van der Waals surface area contributed by atoms with Gasteiger partial charge in [-0.15, -0.1) is 0 Å².